The Morgan fingerprint density at radius 1 is 1.34 bits per heavy atom. The Morgan fingerprint density at radius 2 is 2.14 bits per heavy atom. The summed E-state index contributed by atoms with van der Waals surface area (Å²) in [7, 11) is 0. The highest BCUT2D eigenvalue weighted by Crippen LogP contribution is 2.29. The number of aromatic amines is 1. The summed E-state index contributed by atoms with van der Waals surface area (Å²) in [4.78, 5) is 27.7. The van der Waals surface area contributed by atoms with Crippen molar-refractivity contribution in [3.63, 3.8) is 0 Å². The summed E-state index contributed by atoms with van der Waals surface area (Å²) in [6.45, 7) is 2.22. The molecule has 1 saturated carbocycles. The van der Waals surface area contributed by atoms with Gasteiger partial charge in [0.25, 0.3) is 11.8 Å². The van der Waals surface area contributed by atoms with E-state index in [1.807, 2.05) is 0 Å². The molecule has 0 saturated heterocycles. The molecule has 0 spiro atoms. The van der Waals surface area contributed by atoms with Gasteiger partial charge in [-0.3, -0.25) is 9.36 Å². The third kappa shape index (κ3) is 4.02. The molecular formula is C19H23N5O5. The number of amides is 1. The number of carbonyl (C=O) groups is 1. The van der Waals surface area contributed by atoms with E-state index in [1.54, 1.807) is 29.7 Å². The first-order valence-electron chi connectivity index (χ1n) is 9.65. The number of rotatable bonds is 6. The highest BCUT2D eigenvalue weighted by atomic mass is 16.6. The van der Waals surface area contributed by atoms with Gasteiger partial charge in [0.15, 0.2) is 0 Å². The highest BCUT2D eigenvalue weighted by Gasteiger charge is 2.24. The first-order valence-corrected chi connectivity index (χ1v) is 9.65. The Morgan fingerprint density at radius 3 is 2.86 bits per heavy atom. The number of aryl methyl sites for hydroxylation is 1. The van der Waals surface area contributed by atoms with Crippen LogP contribution in [0.3, 0.4) is 0 Å². The lowest BCUT2D eigenvalue weighted by molar-refractivity contribution is 0.0946. The van der Waals surface area contributed by atoms with E-state index >= 15 is 0 Å². The second-order valence-corrected chi connectivity index (χ2v) is 7.25. The summed E-state index contributed by atoms with van der Waals surface area (Å²) in [6, 6.07) is 5.22. The average molecular weight is 401 g/mol. The van der Waals surface area contributed by atoms with Crippen LogP contribution in [-0.2, 0) is 0 Å². The Balaban J connectivity index is 1.41. The van der Waals surface area contributed by atoms with Crippen molar-refractivity contribution >= 4 is 16.9 Å². The monoisotopic (exact) mass is 401 g/mol. The standard InChI is InChI=1S/C19H23N5O5/c1-11-18(23-29-22-11)28-9-8-20-17(26)12-2-7-16-15(10-12)21-19(27)24(16)13-3-5-14(25)6-4-13/h2,7,10,13-14,25H,3-6,8-9H2,1H3,(H,20,26)(H,21,27). The van der Waals surface area contributed by atoms with Crippen molar-refractivity contribution < 1.29 is 19.3 Å². The minimum atomic E-state index is -0.282. The van der Waals surface area contributed by atoms with E-state index in [-0.39, 0.29) is 36.9 Å². The number of nitrogens with one attached hydrogen (secondary N) is 2. The van der Waals surface area contributed by atoms with Crippen LogP contribution in [-0.4, -0.2) is 50.1 Å². The number of imidazole rings is 1. The molecule has 154 valence electrons. The fourth-order valence-corrected chi connectivity index (χ4v) is 3.72. The molecular weight excluding hydrogens is 378 g/mol. The van der Waals surface area contributed by atoms with E-state index < -0.39 is 0 Å². The zero-order valence-electron chi connectivity index (χ0n) is 16.1. The lowest BCUT2D eigenvalue weighted by atomic mass is 9.93. The van der Waals surface area contributed by atoms with Crippen molar-refractivity contribution in [3.8, 4) is 5.88 Å². The number of aliphatic hydroxyl groups is 1. The smallest absolute Gasteiger partial charge is 0.326 e. The first-order chi connectivity index (χ1) is 14.0. The van der Waals surface area contributed by atoms with Crippen LogP contribution in [0, 0.1) is 6.92 Å². The van der Waals surface area contributed by atoms with Gasteiger partial charge in [-0.25, -0.2) is 9.42 Å². The summed E-state index contributed by atoms with van der Waals surface area (Å²) in [6.07, 6.45) is 2.62. The van der Waals surface area contributed by atoms with Gasteiger partial charge in [-0.15, -0.1) is 0 Å². The Labute approximate surface area is 165 Å². The van der Waals surface area contributed by atoms with Crippen LogP contribution in [0.4, 0.5) is 0 Å². The molecule has 1 aliphatic carbocycles. The molecule has 1 amide bonds. The Hall–Kier alpha value is -3.14. The van der Waals surface area contributed by atoms with Crippen LogP contribution in [0.5, 0.6) is 5.88 Å². The fraction of sp³-hybridized carbons (Fsp3) is 0.474. The van der Waals surface area contributed by atoms with Crippen LogP contribution in [0.25, 0.3) is 11.0 Å². The third-order valence-corrected chi connectivity index (χ3v) is 5.25. The van der Waals surface area contributed by atoms with E-state index in [1.165, 1.54) is 0 Å². The van der Waals surface area contributed by atoms with Gasteiger partial charge in [0.1, 0.15) is 12.3 Å². The average Bonchev–Trinajstić information content (AvgIpc) is 3.27. The molecule has 3 aromatic rings. The Bertz CT molecular complexity index is 1060. The number of hydrogen-bond acceptors (Lipinski definition) is 7. The minimum absolute atomic E-state index is 0.0611. The number of H-pyrrole nitrogens is 1. The van der Waals surface area contributed by atoms with Crippen molar-refractivity contribution in [2.24, 2.45) is 0 Å². The van der Waals surface area contributed by atoms with Crippen molar-refractivity contribution in [2.75, 3.05) is 13.2 Å². The molecule has 4 rings (SSSR count). The second kappa shape index (κ2) is 8.08. The van der Waals surface area contributed by atoms with Gasteiger partial charge in [-0.05, 0) is 56.0 Å². The third-order valence-electron chi connectivity index (χ3n) is 5.25. The maximum Gasteiger partial charge on any atom is 0.326 e. The molecule has 0 radical (unpaired) electrons. The van der Waals surface area contributed by atoms with E-state index in [0.717, 1.165) is 18.4 Å². The zero-order chi connectivity index (χ0) is 20.4. The van der Waals surface area contributed by atoms with Crippen molar-refractivity contribution in [1.82, 2.24) is 25.2 Å². The predicted octanol–water partition coefficient (Wildman–Crippen LogP) is 1.31. The maximum atomic E-state index is 12.5. The molecule has 2 heterocycles. The van der Waals surface area contributed by atoms with E-state index in [9.17, 15) is 14.7 Å². The molecule has 10 heteroatoms. The molecule has 0 aliphatic heterocycles. The van der Waals surface area contributed by atoms with Crippen LogP contribution in [0.1, 0.15) is 47.8 Å². The topological polar surface area (TPSA) is 135 Å². The van der Waals surface area contributed by atoms with Crippen molar-refractivity contribution in [3.05, 3.63) is 39.9 Å². The van der Waals surface area contributed by atoms with Crippen molar-refractivity contribution in [2.45, 2.75) is 44.8 Å². The Kier molecular flexibility index (Phi) is 5.34. The zero-order valence-corrected chi connectivity index (χ0v) is 16.1. The van der Waals surface area contributed by atoms with Crippen LogP contribution in [0.2, 0.25) is 0 Å². The number of hydrogen-bond donors (Lipinski definition) is 3. The van der Waals surface area contributed by atoms with Crippen molar-refractivity contribution in [1.29, 1.82) is 0 Å². The molecule has 1 aromatic carbocycles. The van der Waals surface area contributed by atoms with Crippen LogP contribution >= 0.6 is 0 Å². The number of nitrogens with zero attached hydrogens (tertiary/aromatic N) is 3. The number of fused-ring (bicyclic) bond motifs is 1. The number of aromatic nitrogens is 4. The number of carbonyl (C=O) groups excluding carboxylic acids is 1. The normalized spacial score (nSPS) is 19.4. The summed E-state index contributed by atoms with van der Waals surface area (Å²) in [5.74, 6) is 0.0368. The molecule has 3 N–H and O–H groups in total. The van der Waals surface area contributed by atoms with Gasteiger partial charge in [0, 0.05) is 11.6 Å². The molecule has 0 atom stereocenters. The quantitative estimate of drug-likeness (QED) is 0.530. The largest absolute Gasteiger partial charge is 0.472 e. The number of benzene rings is 1. The summed E-state index contributed by atoms with van der Waals surface area (Å²) >= 11 is 0. The van der Waals surface area contributed by atoms with Gasteiger partial charge >= 0.3 is 5.69 Å². The van der Waals surface area contributed by atoms with E-state index in [4.69, 9.17) is 4.74 Å². The minimum Gasteiger partial charge on any atom is -0.472 e. The highest BCUT2D eigenvalue weighted by molar-refractivity contribution is 5.97. The van der Waals surface area contributed by atoms with E-state index in [2.05, 4.69) is 25.2 Å². The molecule has 1 fully saturated rings. The van der Waals surface area contributed by atoms with Gasteiger partial charge in [0.05, 0.1) is 23.7 Å². The molecule has 2 aromatic heterocycles. The molecule has 0 bridgehead atoms. The SMILES string of the molecule is Cc1nonc1OCCNC(=O)c1ccc2c(c1)[nH]c(=O)n2C1CCC(O)CC1. The lowest BCUT2D eigenvalue weighted by Gasteiger charge is -2.26. The molecule has 1 aliphatic rings. The van der Waals surface area contributed by atoms with Gasteiger partial charge in [-0.2, -0.15) is 0 Å². The number of ether oxygens (including phenoxy) is 1. The molecule has 0 unspecified atom stereocenters. The van der Waals surface area contributed by atoms with E-state index in [0.29, 0.717) is 35.5 Å². The van der Waals surface area contributed by atoms with Crippen LogP contribution in [0.15, 0.2) is 27.6 Å². The molecule has 10 nitrogen and oxygen atoms in total. The first kappa shape index (κ1) is 19.2. The van der Waals surface area contributed by atoms with Gasteiger partial charge in [0.2, 0.25) is 0 Å². The summed E-state index contributed by atoms with van der Waals surface area (Å²) in [5.41, 5.74) is 2.19. The van der Waals surface area contributed by atoms with Crippen LogP contribution < -0.4 is 15.7 Å². The molecule has 29 heavy (non-hydrogen) atoms. The predicted molar refractivity (Wildman–Crippen MR) is 103 cm³/mol. The van der Waals surface area contributed by atoms with Gasteiger partial charge in [-0.1, -0.05) is 5.16 Å². The van der Waals surface area contributed by atoms with Gasteiger partial charge < -0.3 is 20.1 Å². The second-order valence-electron chi connectivity index (χ2n) is 7.25. The lowest BCUT2D eigenvalue weighted by Crippen LogP contribution is -2.28. The summed E-state index contributed by atoms with van der Waals surface area (Å²) < 4.78 is 11.7. The fourth-order valence-electron chi connectivity index (χ4n) is 3.72. The maximum absolute atomic E-state index is 12.5. The number of aliphatic hydroxyl groups excluding tert-OH is 1. The summed E-state index contributed by atoms with van der Waals surface area (Å²) in [5, 5.41) is 19.7.